The Morgan fingerprint density at radius 2 is 1.11 bits per heavy atom. The molecule has 1 aliphatic rings. The number of benzene rings is 5. The van der Waals surface area contributed by atoms with Gasteiger partial charge >= 0.3 is 0 Å². The van der Waals surface area contributed by atoms with E-state index in [2.05, 4.69) is 155 Å². The second kappa shape index (κ2) is 14.9. The summed E-state index contributed by atoms with van der Waals surface area (Å²) in [6.07, 6.45) is 6.61. The molecule has 5 heterocycles. The minimum atomic E-state index is 0.0816. The second-order valence-corrected chi connectivity index (χ2v) is 14.8. The molecule has 4 aromatic heterocycles. The van der Waals surface area contributed by atoms with Gasteiger partial charge in [0.05, 0.1) is 23.7 Å². The van der Waals surface area contributed by atoms with Gasteiger partial charge in [0, 0.05) is 40.4 Å². The largest absolute Gasteiger partial charge is 0.382 e. The lowest BCUT2D eigenvalue weighted by atomic mass is 9.99. The van der Waals surface area contributed by atoms with Gasteiger partial charge in [0.15, 0.2) is 11.6 Å². The summed E-state index contributed by atoms with van der Waals surface area (Å²) in [5, 5.41) is 4.32. The fourth-order valence-corrected chi connectivity index (χ4v) is 7.80. The van der Waals surface area contributed by atoms with Gasteiger partial charge in [-0.3, -0.25) is 9.97 Å². The van der Waals surface area contributed by atoms with Gasteiger partial charge in [-0.1, -0.05) is 103 Å². The Balaban J connectivity index is 0.000000148. The summed E-state index contributed by atoms with van der Waals surface area (Å²) in [6, 6.07) is 44.7. The Kier molecular flexibility index (Phi) is 9.29. The van der Waals surface area contributed by atoms with Crippen molar-refractivity contribution < 1.29 is 4.74 Å². The van der Waals surface area contributed by atoms with E-state index in [1.807, 2.05) is 18.5 Å². The molecule has 0 saturated carbocycles. The van der Waals surface area contributed by atoms with E-state index >= 15 is 0 Å². The smallest absolute Gasteiger partial charge is 0.150 e. The molecule has 5 aromatic carbocycles. The van der Waals surface area contributed by atoms with Crippen LogP contribution in [-0.4, -0.2) is 19.9 Å². The molecule has 1 aliphatic heterocycles. The average molecular weight is 731 g/mol. The molecule has 0 radical (unpaired) electrons. The molecule has 274 valence electrons. The Morgan fingerprint density at radius 1 is 0.554 bits per heavy atom. The number of nitrogens with zero attached hydrogens (tertiary/aromatic N) is 4. The molecule has 10 rings (SSSR count). The van der Waals surface area contributed by atoms with E-state index in [9.17, 15) is 0 Å². The number of pyridine rings is 4. The maximum absolute atomic E-state index is 6.18. The van der Waals surface area contributed by atoms with Crippen LogP contribution in [0.2, 0.25) is 0 Å². The molecule has 1 unspecified atom stereocenters. The highest BCUT2D eigenvalue weighted by Crippen LogP contribution is 2.35. The van der Waals surface area contributed by atoms with Crippen molar-refractivity contribution in [2.24, 2.45) is 0 Å². The second-order valence-electron chi connectivity index (χ2n) is 14.8. The van der Waals surface area contributed by atoms with E-state index in [4.69, 9.17) is 16.2 Å². The Hall–Kier alpha value is -6.70. The van der Waals surface area contributed by atoms with Gasteiger partial charge in [-0.15, -0.1) is 0 Å². The van der Waals surface area contributed by atoms with Crippen LogP contribution in [0.4, 0.5) is 11.6 Å². The SMILES string of the molecule is Cc1ccc2c(c1)nc(N)c1ncc(CC3OCc4ccccc43)cc12.Cc1ccc2c(c1)nc(N)c1ncc(CCc3ccc(-c4ccccc4)cc3)cc12. The van der Waals surface area contributed by atoms with E-state index in [0.717, 1.165) is 68.4 Å². The number of rotatable bonds is 6. The normalized spacial score (nSPS) is 13.6. The lowest BCUT2D eigenvalue weighted by Crippen LogP contribution is -2.02. The molecule has 56 heavy (non-hydrogen) atoms. The van der Waals surface area contributed by atoms with Crippen molar-refractivity contribution in [2.75, 3.05) is 11.5 Å². The van der Waals surface area contributed by atoms with E-state index in [1.165, 1.54) is 44.5 Å². The topological polar surface area (TPSA) is 113 Å². The number of nitrogen functional groups attached to an aromatic ring is 2. The highest BCUT2D eigenvalue weighted by Gasteiger charge is 2.23. The molecule has 0 saturated heterocycles. The average Bonchev–Trinajstić information content (AvgIpc) is 3.63. The minimum absolute atomic E-state index is 0.0816. The van der Waals surface area contributed by atoms with E-state index in [0.29, 0.717) is 18.2 Å². The molecule has 7 nitrogen and oxygen atoms in total. The van der Waals surface area contributed by atoms with Crippen LogP contribution >= 0.6 is 0 Å². The van der Waals surface area contributed by atoms with Crippen LogP contribution in [-0.2, 0) is 30.6 Å². The molecule has 1 atom stereocenters. The van der Waals surface area contributed by atoms with Gasteiger partial charge in [-0.05, 0) is 101 Å². The lowest BCUT2D eigenvalue weighted by molar-refractivity contribution is 0.0665. The standard InChI is InChI=1S/C27H23N3.C22H19N3O/c1-18-7-14-23-24-16-20(17-29-26(24)27(28)30-25(23)15-18)9-8-19-10-12-22(13-11-19)21-5-3-2-4-6-21;1-13-6-7-17-18-9-14(11-24-21(18)22(23)25-19(17)8-13)10-20-16-5-3-2-4-15(16)12-26-20/h2-7,10-17H,8-9H2,1H3,(H2,28,30);2-9,11,20H,10,12H2,1H3,(H2,23,25). The molecule has 9 aromatic rings. The van der Waals surface area contributed by atoms with Gasteiger partial charge in [0.1, 0.15) is 11.0 Å². The summed E-state index contributed by atoms with van der Waals surface area (Å²) >= 11 is 0. The summed E-state index contributed by atoms with van der Waals surface area (Å²) < 4.78 is 6.00. The first kappa shape index (κ1) is 35.0. The van der Waals surface area contributed by atoms with Crippen molar-refractivity contribution >= 4 is 55.2 Å². The molecule has 0 aliphatic carbocycles. The highest BCUT2D eigenvalue weighted by atomic mass is 16.5. The Labute approximate surface area is 326 Å². The molecule has 0 bridgehead atoms. The third kappa shape index (κ3) is 7.01. The van der Waals surface area contributed by atoms with Crippen LogP contribution in [0.1, 0.15) is 45.0 Å². The van der Waals surface area contributed by atoms with Crippen LogP contribution in [0.25, 0.3) is 54.7 Å². The maximum atomic E-state index is 6.18. The quantitative estimate of drug-likeness (QED) is 0.164. The van der Waals surface area contributed by atoms with Gasteiger partial charge < -0.3 is 16.2 Å². The molecular formula is C49H42N6O. The molecule has 0 fully saturated rings. The van der Waals surface area contributed by atoms with Crippen LogP contribution in [0.5, 0.6) is 0 Å². The number of nitrogens with two attached hydrogens (primary N) is 2. The Bertz CT molecular complexity index is 2890. The fourth-order valence-electron chi connectivity index (χ4n) is 7.80. The zero-order chi connectivity index (χ0) is 38.2. The van der Waals surface area contributed by atoms with E-state index in [1.54, 1.807) is 0 Å². The van der Waals surface area contributed by atoms with E-state index in [-0.39, 0.29) is 6.10 Å². The predicted molar refractivity (Wildman–Crippen MR) is 229 cm³/mol. The van der Waals surface area contributed by atoms with Crippen molar-refractivity contribution in [2.45, 2.75) is 45.8 Å². The molecule has 7 heteroatoms. The first-order valence-corrected chi connectivity index (χ1v) is 19.1. The maximum Gasteiger partial charge on any atom is 0.150 e. The number of hydrogen-bond donors (Lipinski definition) is 2. The van der Waals surface area contributed by atoms with Crippen LogP contribution < -0.4 is 11.5 Å². The lowest BCUT2D eigenvalue weighted by Gasteiger charge is -2.13. The first-order valence-electron chi connectivity index (χ1n) is 19.1. The van der Waals surface area contributed by atoms with Gasteiger partial charge in [-0.2, -0.15) is 0 Å². The van der Waals surface area contributed by atoms with Crippen LogP contribution in [0.15, 0.2) is 140 Å². The number of ether oxygens (including phenoxy) is 1. The summed E-state index contributed by atoms with van der Waals surface area (Å²) in [4.78, 5) is 18.3. The van der Waals surface area contributed by atoms with Crippen molar-refractivity contribution in [1.29, 1.82) is 0 Å². The third-order valence-electron chi connectivity index (χ3n) is 10.8. The summed E-state index contributed by atoms with van der Waals surface area (Å²) in [7, 11) is 0. The van der Waals surface area contributed by atoms with Crippen LogP contribution in [0.3, 0.4) is 0 Å². The van der Waals surface area contributed by atoms with E-state index < -0.39 is 0 Å². The van der Waals surface area contributed by atoms with Gasteiger partial charge in [0.25, 0.3) is 0 Å². The molecule has 4 N–H and O–H groups in total. The number of hydrogen-bond acceptors (Lipinski definition) is 7. The number of fused-ring (bicyclic) bond motifs is 7. The third-order valence-corrected chi connectivity index (χ3v) is 10.8. The van der Waals surface area contributed by atoms with Gasteiger partial charge in [-0.25, -0.2) is 9.97 Å². The summed E-state index contributed by atoms with van der Waals surface area (Å²) in [5.41, 5.74) is 26.8. The van der Waals surface area contributed by atoms with Crippen molar-refractivity contribution in [3.05, 3.63) is 179 Å². The fraction of sp³-hybridized carbons (Fsp3) is 0.143. The van der Waals surface area contributed by atoms with Crippen molar-refractivity contribution in [1.82, 2.24) is 19.9 Å². The first-order chi connectivity index (χ1) is 27.4. The Morgan fingerprint density at radius 3 is 1.77 bits per heavy atom. The molecular weight excluding hydrogens is 689 g/mol. The van der Waals surface area contributed by atoms with Gasteiger partial charge in [0.2, 0.25) is 0 Å². The van der Waals surface area contributed by atoms with Crippen molar-refractivity contribution in [3.63, 3.8) is 0 Å². The number of aryl methyl sites for hydroxylation is 4. The number of anilines is 2. The molecule has 0 amide bonds. The van der Waals surface area contributed by atoms with Crippen molar-refractivity contribution in [3.8, 4) is 11.1 Å². The molecule has 0 spiro atoms. The minimum Gasteiger partial charge on any atom is -0.382 e. The zero-order valence-corrected chi connectivity index (χ0v) is 31.5. The van der Waals surface area contributed by atoms with Crippen LogP contribution in [0, 0.1) is 13.8 Å². The number of aromatic nitrogens is 4. The highest BCUT2D eigenvalue weighted by molar-refractivity contribution is 6.09. The predicted octanol–water partition coefficient (Wildman–Crippen LogP) is 10.6. The zero-order valence-electron chi connectivity index (χ0n) is 31.5. The summed E-state index contributed by atoms with van der Waals surface area (Å²) in [5.74, 6) is 0.971. The monoisotopic (exact) mass is 730 g/mol. The summed E-state index contributed by atoms with van der Waals surface area (Å²) in [6.45, 7) is 4.81.